The van der Waals surface area contributed by atoms with Gasteiger partial charge in [-0.2, -0.15) is 5.10 Å². The minimum Gasteiger partial charge on any atom is -0.506 e. The van der Waals surface area contributed by atoms with Crippen LogP contribution in [0.15, 0.2) is 52.9 Å². The molecular weight excluding hydrogens is 346 g/mol. The van der Waals surface area contributed by atoms with Crippen LogP contribution in [0.5, 0.6) is 11.5 Å². The van der Waals surface area contributed by atoms with Gasteiger partial charge in [-0.05, 0) is 12.1 Å². The van der Waals surface area contributed by atoms with Crippen molar-refractivity contribution in [3.05, 3.63) is 58.4 Å². The van der Waals surface area contributed by atoms with Gasteiger partial charge in [0.15, 0.2) is 0 Å². The molecule has 5 nitrogen and oxygen atoms in total. The van der Waals surface area contributed by atoms with E-state index in [1.54, 1.807) is 12.1 Å². The lowest BCUT2D eigenvalue weighted by Crippen LogP contribution is -1.92. The molecule has 0 aliphatic rings. The maximum Gasteiger partial charge on any atom is 0.203 e. The molecule has 7 heteroatoms. The minimum atomic E-state index is -0.0781. The second-order valence-corrected chi connectivity index (χ2v) is 6.03. The molecule has 0 unspecified atom stereocenters. The number of thiazole rings is 1. The van der Waals surface area contributed by atoms with Crippen molar-refractivity contribution >= 4 is 34.3 Å². The molecular formula is C17H14ClN3O2S. The fourth-order valence-corrected chi connectivity index (χ4v) is 2.96. The smallest absolute Gasteiger partial charge is 0.203 e. The van der Waals surface area contributed by atoms with Gasteiger partial charge in [0, 0.05) is 16.5 Å². The first-order valence-corrected chi connectivity index (χ1v) is 8.30. The lowest BCUT2D eigenvalue weighted by atomic mass is 10.2. The number of anilines is 1. The van der Waals surface area contributed by atoms with E-state index >= 15 is 0 Å². The van der Waals surface area contributed by atoms with E-state index in [0.717, 1.165) is 11.3 Å². The van der Waals surface area contributed by atoms with Crippen molar-refractivity contribution in [1.29, 1.82) is 0 Å². The summed E-state index contributed by atoms with van der Waals surface area (Å²) in [6, 6.07) is 13.2. The molecule has 0 aliphatic carbocycles. The summed E-state index contributed by atoms with van der Waals surface area (Å²) in [7, 11) is 1.49. The van der Waals surface area contributed by atoms with Gasteiger partial charge >= 0.3 is 0 Å². The monoisotopic (exact) mass is 359 g/mol. The number of hydrogen-bond acceptors (Lipinski definition) is 6. The number of benzene rings is 2. The van der Waals surface area contributed by atoms with Crippen LogP contribution in [0.4, 0.5) is 5.13 Å². The number of methoxy groups -OCH3 is 1. The molecule has 2 aromatic carbocycles. The molecule has 0 spiro atoms. The first-order chi connectivity index (χ1) is 11.7. The summed E-state index contributed by atoms with van der Waals surface area (Å²) in [4.78, 5) is 4.46. The van der Waals surface area contributed by atoms with Crippen LogP contribution in [0.25, 0.3) is 11.3 Å². The number of hydrazone groups is 1. The van der Waals surface area contributed by atoms with Crippen molar-refractivity contribution < 1.29 is 9.84 Å². The molecule has 0 atom stereocenters. The van der Waals surface area contributed by atoms with Gasteiger partial charge in [-0.15, -0.1) is 11.3 Å². The molecule has 2 N–H and O–H groups in total. The zero-order valence-corrected chi connectivity index (χ0v) is 14.3. The van der Waals surface area contributed by atoms with E-state index in [1.165, 1.54) is 24.7 Å². The lowest BCUT2D eigenvalue weighted by molar-refractivity contribution is 0.408. The number of rotatable bonds is 5. The predicted octanol–water partition coefficient (Wildman–Crippen LogP) is 4.62. The number of nitrogens with zero attached hydrogens (tertiary/aromatic N) is 2. The maximum atomic E-state index is 10.0. The Morgan fingerprint density at radius 2 is 2.04 bits per heavy atom. The maximum absolute atomic E-state index is 10.0. The molecule has 0 saturated heterocycles. The largest absolute Gasteiger partial charge is 0.506 e. The molecule has 3 aromatic rings. The highest BCUT2D eigenvalue weighted by atomic mass is 35.5. The summed E-state index contributed by atoms with van der Waals surface area (Å²) in [5.41, 5.74) is 5.26. The summed E-state index contributed by atoms with van der Waals surface area (Å²) in [6.07, 6.45) is 1.48. The second-order valence-electron chi connectivity index (χ2n) is 4.79. The van der Waals surface area contributed by atoms with Crippen molar-refractivity contribution in [1.82, 2.24) is 4.98 Å². The van der Waals surface area contributed by atoms with Gasteiger partial charge in [-0.3, -0.25) is 5.43 Å². The summed E-state index contributed by atoms with van der Waals surface area (Å²) in [5.74, 6) is 0.331. The minimum absolute atomic E-state index is 0.0781. The lowest BCUT2D eigenvalue weighted by Gasteiger charge is -2.06. The van der Waals surface area contributed by atoms with Crippen LogP contribution in [0.2, 0.25) is 5.02 Å². The number of halogens is 1. The van der Waals surface area contributed by atoms with Gasteiger partial charge in [0.1, 0.15) is 16.5 Å². The van der Waals surface area contributed by atoms with Crippen LogP contribution in [0.1, 0.15) is 5.56 Å². The van der Waals surface area contributed by atoms with Gasteiger partial charge in [0.25, 0.3) is 0 Å². The van der Waals surface area contributed by atoms with Crippen molar-refractivity contribution in [3.63, 3.8) is 0 Å². The Balaban J connectivity index is 1.71. The van der Waals surface area contributed by atoms with Crippen molar-refractivity contribution in [2.45, 2.75) is 0 Å². The Morgan fingerprint density at radius 1 is 1.25 bits per heavy atom. The number of aromatic hydroxyl groups is 1. The van der Waals surface area contributed by atoms with E-state index in [-0.39, 0.29) is 10.8 Å². The molecule has 122 valence electrons. The van der Waals surface area contributed by atoms with Gasteiger partial charge in [-0.25, -0.2) is 4.98 Å². The second kappa shape index (κ2) is 7.33. The SMILES string of the molecule is COc1ccc(C=NNc2nc(-c3ccccc3)cs2)c(O)c1Cl. The molecule has 0 amide bonds. The average Bonchev–Trinajstić information content (AvgIpc) is 3.08. The number of hydrogen-bond donors (Lipinski definition) is 2. The van der Waals surface area contributed by atoms with Crippen LogP contribution in [0.3, 0.4) is 0 Å². The van der Waals surface area contributed by atoms with E-state index in [4.69, 9.17) is 16.3 Å². The number of phenolic OH excluding ortho intramolecular Hbond substituents is 1. The molecule has 1 heterocycles. The van der Waals surface area contributed by atoms with Crippen LogP contribution in [-0.2, 0) is 0 Å². The fraction of sp³-hybridized carbons (Fsp3) is 0.0588. The first kappa shape index (κ1) is 16.3. The zero-order chi connectivity index (χ0) is 16.9. The Kier molecular flexibility index (Phi) is 4.98. The molecule has 3 rings (SSSR count). The summed E-state index contributed by atoms with van der Waals surface area (Å²) < 4.78 is 5.04. The summed E-state index contributed by atoms with van der Waals surface area (Å²) >= 11 is 7.45. The molecule has 1 aromatic heterocycles. The van der Waals surface area contributed by atoms with E-state index in [0.29, 0.717) is 16.4 Å². The third-order valence-corrected chi connectivity index (χ3v) is 4.38. The molecule has 0 radical (unpaired) electrons. The third-order valence-electron chi connectivity index (χ3n) is 3.27. The third kappa shape index (κ3) is 3.50. The molecule has 0 saturated carbocycles. The topological polar surface area (TPSA) is 66.7 Å². The molecule has 24 heavy (non-hydrogen) atoms. The number of phenols is 1. The van der Waals surface area contributed by atoms with Crippen molar-refractivity contribution in [2.24, 2.45) is 5.10 Å². The van der Waals surface area contributed by atoms with E-state index in [9.17, 15) is 5.11 Å². The highest BCUT2D eigenvalue weighted by Crippen LogP contribution is 2.35. The quantitative estimate of drug-likeness (QED) is 0.515. The van der Waals surface area contributed by atoms with Gasteiger partial charge in [-0.1, -0.05) is 41.9 Å². The Bertz CT molecular complexity index is 866. The van der Waals surface area contributed by atoms with Crippen LogP contribution in [0, 0.1) is 0 Å². The van der Waals surface area contributed by atoms with E-state index < -0.39 is 0 Å². The Morgan fingerprint density at radius 3 is 2.79 bits per heavy atom. The van der Waals surface area contributed by atoms with Gasteiger partial charge < -0.3 is 9.84 Å². The first-order valence-electron chi connectivity index (χ1n) is 7.04. The standard InChI is InChI=1S/C17H14ClN3O2S/c1-23-14-8-7-12(16(22)15(14)18)9-19-21-17-20-13(10-24-17)11-5-3-2-4-6-11/h2-10,22H,1H3,(H,20,21). The zero-order valence-electron chi connectivity index (χ0n) is 12.7. The molecule has 0 fully saturated rings. The highest BCUT2D eigenvalue weighted by molar-refractivity contribution is 7.14. The number of nitrogens with one attached hydrogen (secondary N) is 1. The van der Waals surface area contributed by atoms with Crippen LogP contribution < -0.4 is 10.2 Å². The van der Waals surface area contributed by atoms with Crippen LogP contribution >= 0.6 is 22.9 Å². The fourth-order valence-electron chi connectivity index (χ4n) is 2.05. The van der Waals surface area contributed by atoms with Crippen molar-refractivity contribution in [3.8, 4) is 22.8 Å². The predicted molar refractivity (Wildman–Crippen MR) is 98.4 cm³/mol. The van der Waals surface area contributed by atoms with Crippen LogP contribution in [-0.4, -0.2) is 23.4 Å². The Hall–Kier alpha value is -2.57. The average molecular weight is 360 g/mol. The summed E-state index contributed by atoms with van der Waals surface area (Å²) in [6.45, 7) is 0. The number of aromatic nitrogens is 1. The van der Waals surface area contributed by atoms with Gasteiger partial charge in [0.2, 0.25) is 5.13 Å². The number of ether oxygens (including phenoxy) is 1. The van der Waals surface area contributed by atoms with E-state index in [1.807, 2.05) is 35.7 Å². The van der Waals surface area contributed by atoms with Gasteiger partial charge in [0.05, 0.1) is 19.0 Å². The Labute approximate surface area is 148 Å². The molecule has 0 bridgehead atoms. The van der Waals surface area contributed by atoms with E-state index in [2.05, 4.69) is 15.5 Å². The normalized spacial score (nSPS) is 10.9. The van der Waals surface area contributed by atoms with Crippen molar-refractivity contribution in [2.75, 3.05) is 12.5 Å². The molecule has 0 aliphatic heterocycles. The summed E-state index contributed by atoms with van der Waals surface area (Å²) in [5, 5.41) is 16.9. The highest BCUT2D eigenvalue weighted by Gasteiger charge is 2.10.